The molecule has 2 aromatic rings. The van der Waals surface area contributed by atoms with E-state index in [0.29, 0.717) is 16.0 Å². The average Bonchev–Trinajstić information content (AvgIpc) is 2.97. The molecule has 0 saturated heterocycles. The van der Waals surface area contributed by atoms with E-state index in [1.165, 1.54) is 19.1 Å². The smallest absolute Gasteiger partial charge is 0.329 e. The van der Waals surface area contributed by atoms with Crippen LogP contribution >= 0.6 is 23.2 Å². The van der Waals surface area contributed by atoms with E-state index in [0.717, 1.165) is 6.26 Å². The van der Waals surface area contributed by atoms with Crippen LogP contribution in [0.15, 0.2) is 36.4 Å². The minimum Gasteiger partial charge on any atom is -0.459 e. The average molecular weight is 512 g/mol. The van der Waals surface area contributed by atoms with Gasteiger partial charge in [-0.2, -0.15) is 0 Å². The largest absolute Gasteiger partial charge is 0.459 e. The van der Waals surface area contributed by atoms with Gasteiger partial charge in [0.25, 0.3) is 11.8 Å². The van der Waals surface area contributed by atoms with E-state index in [2.05, 4.69) is 0 Å². The van der Waals surface area contributed by atoms with E-state index in [1.807, 2.05) is 0 Å². The van der Waals surface area contributed by atoms with E-state index in [1.54, 1.807) is 24.3 Å². The zero-order chi connectivity index (χ0) is 24.5. The molecule has 0 radical (unpaired) electrons. The van der Waals surface area contributed by atoms with Crippen molar-refractivity contribution in [3.8, 4) is 0 Å². The second-order valence-corrected chi connectivity index (χ2v) is 10.7. The molecule has 0 unspecified atom stereocenters. The van der Waals surface area contributed by atoms with Gasteiger partial charge >= 0.3 is 5.97 Å². The number of hydrogen-bond donors (Lipinski definition) is 0. The van der Waals surface area contributed by atoms with Crippen molar-refractivity contribution in [1.82, 2.24) is 4.90 Å². The molecule has 0 N–H and O–H groups in total. The first-order valence-corrected chi connectivity index (χ1v) is 12.5. The maximum Gasteiger partial charge on any atom is 0.329 e. The number of hydrogen-bond acceptors (Lipinski definition) is 7. The SMILES string of the molecule is CC(=O)c1ccc(COC(=O)[C@@H](CCS(C)(=O)=O)N2C(=O)c3cc(Cl)c(Cl)cc3C2=O)cc1. The molecule has 8 nitrogen and oxygen atoms in total. The minimum atomic E-state index is -3.51. The number of carbonyl (C=O) groups excluding carboxylic acids is 4. The lowest BCUT2D eigenvalue weighted by molar-refractivity contribution is -0.149. The van der Waals surface area contributed by atoms with Crippen LogP contribution in [0.2, 0.25) is 10.0 Å². The molecule has 3 rings (SSSR count). The Hall–Kier alpha value is -2.75. The van der Waals surface area contributed by atoms with Crippen molar-refractivity contribution in [2.75, 3.05) is 12.0 Å². The second-order valence-electron chi connectivity index (χ2n) is 7.59. The topological polar surface area (TPSA) is 115 Å². The lowest BCUT2D eigenvalue weighted by atomic mass is 10.1. The zero-order valence-corrected chi connectivity index (χ0v) is 20.0. The fraction of sp³-hybridized carbons (Fsp3) is 0.273. The van der Waals surface area contributed by atoms with Crippen LogP contribution in [0, 0.1) is 0 Å². The number of ether oxygens (including phenoxy) is 1. The van der Waals surface area contributed by atoms with E-state index in [4.69, 9.17) is 27.9 Å². The fourth-order valence-electron chi connectivity index (χ4n) is 3.30. The van der Waals surface area contributed by atoms with Crippen molar-refractivity contribution in [3.05, 3.63) is 68.7 Å². The highest BCUT2D eigenvalue weighted by Gasteiger charge is 2.44. The summed E-state index contributed by atoms with van der Waals surface area (Å²) in [6.07, 6.45) is 0.641. The summed E-state index contributed by atoms with van der Waals surface area (Å²) in [6, 6.07) is 7.34. The summed E-state index contributed by atoms with van der Waals surface area (Å²) in [5.74, 6) is -3.11. The quantitative estimate of drug-likeness (QED) is 0.303. The molecule has 0 saturated carbocycles. The number of esters is 1. The molecule has 1 aliphatic rings. The fourth-order valence-corrected chi connectivity index (χ4v) is 4.28. The molecule has 0 aliphatic carbocycles. The van der Waals surface area contributed by atoms with Crippen LogP contribution in [0.1, 0.15) is 50.0 Å². The number of Topliss-reactive ketones (excluding diaryl/α,β-unsaturated/α-hetero) is 1. The molecule has 11 heteroatoms. The van der Waals surface area contributed by atoms with Crippen LogP contribution < -0.4 is 0 Å². The van der Waals surface area contributed by atoms with Gasteiger partial charge in [0.05, 0.1) is 26.9 Å². The normalized spacial score (nSPS) is 14.2. The Balaban J connectivity index is 1.85. The standard InChI is InChI=1S/C22H19Cl2NO7S/c1-12(26)14-5-3-13(4-6-14)11-32-22(29)19(7-8-33(2,30)31)25-20(27)15-9-17(23)18(24)10-16(15)21(25)28/h3-6,9-10,19H,7-8,11H2,1-2H3/t19-/m1/s1. The maximum atomic E-state index is 12.9. The minimum absolute atomic E-state index is 0.0358. The van der Waals surface area contributed by atoms with Gasteiger partial charge in [-0.25, -0.2) is 13.2 Å². The predicted molar refractivity (Wildman–Crippen MR) is 121 cm³/mol. The van der Waals surface area contributed by atoms with Gasteiger partial charge in [0.1, 0.15) is 22.5 Å². The molecular formula is C22H19Cl2NO7S. The van der Waals surface area contributed by atoms with Gasteiger partial charge in [-0.05, 0) is 31.0 Å². The number of nitrogens with zero attached hydrogens (tertiary/aromatic N) is 1. The Bertz CT molecular complexity index is 1220. The maximum absolute atomic E-state index is 12.9. The number of benzene rings is 2. The Morgan fingerprint density at radius 1 is 1.00 bits per heavy atom. The number of rotatable bonds is 8. The van der Waals surface area contributed by atoms with E-state index in [-0.39, 0.29) is 40.0 Å². The van der Waals surface area contributed by atoms with Crippen molar-refractivity contribution in [2.24, 2.45) is 0 Å². The van der Waals surface area contributed by atoms with Gasteiger partial charge in [-0.1, -0.05) is 47.5 Å². The zero-order valence-electron chi connectivity index (χ0n) is 17.6. The van der Waals surface area contributed by atoms with E-state index >= 15 is 0 Å². The highest BCUT2D eigenvalue weighted by Crippen LogP contribution is 2.33. The van der Waals surface area contributed by atoms with Gasteiger partial charge in [0.2, 0.25) is 0 Å². The molecular weight excluding hydrogens is 493 g/mol. The highest BCUT2D eigenvalue weighted by molar-refractivity contribution is 7.90. The summed E-state index contributed by atoms with van der Waals surface area (Å²) in [7, 11) is -3.51. The van der Waals surface area contributed by atoms with Crippen LogP contribution in [0.25, 0.3) is 0 Å². The number of fused-ring (bicyclic) bond motifs is 1. The summed E-state index contributed by atoms with van der Waals surface area (Å²) in [5.41, 5.74) is 0.980. The van der Waals surface area contributed by atoms with Crippen LogP contribution in [0.4, 0.5) is 0 Å². The Morgan fingerprint density at radius 3 is 1.97 bits per heavy atom. The lowest BCUT2D eigenvalue weighted by Gasteiger charge is -2.24. The van der Waals surface area contributed by atoms with Gasteiger partial charge in [0.15, 0.2) is 5.78 Å². The van der Waals surface area contributed by atoms with E-state index in [9.17, 15) is 27.6 Å². The molecule has 33 heavy (non-hydrogen) atoms. The summed E-state index contributed by atoms with van der Waals surface area (Å²) < 4.78 is 28.7. The van der Waals surface area contributed by atoms with Gasteiger partial charge in [0, 0.05) is 11.8 Å². The van der Waals surface area contributed by atoms with Crippen LogP contribution in [-0.2, 0) is 26.0 Å². The molecule has 174 valence electrons. The number of amides is 2. The third kappa shape index (κ3) is 5.61. The lowest BCUT2D eigenvalue weighted by Crippen LogP contribution is -2.46. The first-order chi connectivity index (χ1) is 15.4. The Morgan fingerprint density at radius 2 is 1.52 bits per heavy atom. The summed E-state index contributed by atoms with van der Waals surface area (Å²) in [5, 5.41) is 0.116. The summed E-state index contributed by atoms with van der Waals surface area (Å²) >= 11 is 11.9. The molecule has 0 bridgehead atoms. The molecule has 1 aliphatic heterocycles. The molecule has 2 aromatic carbocycles. The first kappa shape index (κ1) is 24.9. The van der Waals surface area contributed by atoms with E-state index < -0.39 is 39.4 Å². The molecule has 0 aromatic heterocycles. The molecule has 0 fully saturated rings. The third-order valence-corrected chi connectivity index (χ3v) is 6.75. The first-order valence-electron chi connectivity index (χ1n) is 9.70. The highest BCUT2D eigenvalue weighted by atomic mass is 35.5. The van der Waals surface area contributed by atoms with Crippen LogP contribution in [0.5, 0.6) is 0 Å². The van der Waals surface area contributed by atoms with Gasteiger partial charge in [-0.15, -0.1) is 0 Å². The molecule has 2 amide bonds. The Kier molecular flexibility index (Phi) is 7.26. The Labute approximate surface area is 200 Å². The molecule has 0 spiro atoms. The number of halogens is 2. The van der Waals surface area contributed by atoms with Crippen LogP contribution in [-0.4, -0.2) is 54.9 Å². The van der Waals surface area contributed by atoms with Crippen molar-refractivity contribution in [1.29, 1.82) is 0 Å². The van der Waals surface area contributed by atoms with Crippen molar-refractivity contribution in [3.63, 3.8) is 0 Å². The summed E-state index contributed by atoms with van der Waals surface area (Å²) in [4.78, 5) is 50.8. The van der Waals surface area contributed by atoms with Gasteiger partial charge in [-0.3, -0.25) is 19.3 Å². The number of carbonyl (C=O) groups is 4. The monoisotopic (exact) mass is 511 g/mol. The second kappa shape index (κ2) is 9.62. The summed E-state index contributed by atoms with van der Waals surface area (Å²) in [6.45, 7) is 1.22. The van der Waals surface area contributed by atoms with Crippen LogP contribution in [0.3, 0.4) is 0 Å². The third-order valence-electron chi connectivity index (χ3n) is 5.05. The van der Waals surface area contributed by atoms with Crippen molar-refractivity contribution < 1.29 is 32.3 Å². The molecule has 1 heterocycles. The van der Waals surface area contributed by atoms with Gasteiger partial charge < -0.3 is 4.74 Å². The molecule has 1 atom stereocenters. The number of ketones is 1. The van der Waals surface area contributed by atoms with Crippen molar-refractivity contribution >= 4 is 56.6 Å². The van der Waals surface area contributed by atoms with Crippen molar-refractivity contribution in [2.45, 2.75) is 26.0 Å². The number of imide groups is 1. The number of sulfone groups is 1. The predicted octanol–water partition coefficient (Wildman–Crippen LogP) is 3.34.